The number of hydrogen-bond acceptors (Lipinski definition) is 4. The topological polar surface area (TPSA) is 72.1 Å². The molecule has 0 aliphatic carbocycles. The summed E-state index contributed by atoms with van der Waals surface area (Å²) in [6, 6.07) is 2.03. The zero-order chi connectivity index (χ0) is 12.3. The summed E-state index contributed by atoms with van der Waals surface area (Å²) in [6.45, 7) is 2.85. The van der Waals surface area contributed by atoms with Gasteiger partial charge in [0.1, 0.15) is 0 Å². The highest BCUT2D eigenvalue weighted by molar-refractivity contribution is 5.75. The van der Waals surface area contributed by atoms with Gasteiger partial charge < -0.3 is 10.6 Å². The van der Waals surface area contributed by atoms with Gasteiger partial charge in [0.25, 0.3) is 0 Å². The Morgan fingerprint density at radius 3 is 3.12 bits per heavy atom. The van der Waals surface area contributed by atoms with Crippen molar-refractivity contribution in [1.82, 2.24) is 9.97 Å². The van der Waals surface area contributed by atoms with Gasteiger partial charge in [0.15, 0.2) is 0 Å². The standard InChI is InChI=1S/C12H18N4O/c1-9-5-6-14-12(15-9)16-7-3-2-4-10(16)8-11(13)17/h5-6,10H,2-4,7-8H2,1H3,(H2,13,17)/t10-/m0/s1. The number of carbonyl (C=O) groups is 1. The Morgan fingerprint density at radius 2 is 2.41 bits per heavy atom. The molecule has 2 N–H and O–H groups in total. The summed E-state index contributed by atoms with van der Waals surface area (Å²) >= 11 is 0. The average Bonchev–Trinajstić information content (AvgIpc) is 2.29. The van der Waals surface area contributed by atoms with Crippen molar-refractivity contribution in [2.24, 2.45) is 5.73 Å². The van der Waals surface area contributed by atoms with Crippen LogP contribution in [0.2, 0.25) is 0 Å². The highest BCUT2D eigenvalue weighted by Gasteiger charge is 2.25. The van der Waals surface area contributed by atoms with Gasteiger partial charge in [-0.3, -0.25) is 4.79 Å². The van der Waals surface area contributed by atoms with Gasteiger partial charge in [-0.05, 0) is 32.3 Å². The number of piperidine rings is 1. The minimum atomic E-state index is -0.255. The molecule has 1 aromatic rings. The molecule has 0 saturated carbocycles. The number of aryl methyl sites for hydroxylation is 1. The molecule has 1 aliphatic rings. The summed E-state index contributed by atoms with van der Waals surface area (Å²) in [5.74, 6) is 0.463. The lowest BCUT2D eigenvalue weighted by molar-refractivity contribution is -0.118. The van der Waals surface area contributed by atoms with Crippen molar-refractivity contribution >= 4 is 11.9 Å². The van der Waals surface area contributed by atoms with Gasteiger partial charge in [-0.2, -0.15) is 0 Å². The first kappa shape index (κ1) is 11.8. The molecule has 5 heteroatoms. The normalized spacial score (nSPS) is 20.3. The third-order valence-corrected chi connectivity index (χ3v) is 3.10. The van der Waals surface area contributed by atoms with Gasteiger partial charge in [-0.25, -0.2) is 9.97 Å². The molecular weight excluding hydrogens is 216 g/mol. The molecule has 0 spiro atoms. The predicted molar refractivity (Wildman–Crippen MR) is 65.6 cm³/mol. The molecule has 1 aliphatic heterocycles. The van der Waals surface area contributed by atoms with Gasteiger partial charge in [-0.15, -0.1) is 0 Å². The zero-order valence-electron chi connectivity index (χ0n) is 10.1. The molecule has 0 aromatic carbocycles. The van der Waals surface area contributed by atoms with E-state index in [1.54, 1.807) is 6.20 Å². The molecule has 0 bridgehead atoms. The molecule has 1 amide bonds. The van der Waals surface area contributed by atoms with Crippen LogP contribution in [0.25, 0.3) is 0 Å². The van der Waals surface area contributed by atoms with Crippen LogP contribution in [0.5, 0.6) is 0 Å². The van der Waals surface area contributed by atoms with Crippen LogP contribution >= 0.6 is 0 Å². The Bertz CT molecular complexity index is 407. The van der Waals surface area contributed by atoms with Crippen LogP contribution in [0.1, 0.15) is 31.4 Å². The van der Waals surface area contributed by atoms with Crippen molar-refractivity contribution in [1.29, 1.82) is 0 Å². The minimum absolute atomic E-state index is 0.156. The third-order valence-electron chi connectivity index (χ3n) is 3.10. The molecule has 2 rings (SSSR count). The summed E-state index contributed by atoms with van der Waals surface area (Å²) in [6.07, 6.45) is 5.39. The fraction of sp³-hybridized carbons (Fsp3) is 0.583. The van der Waals surface area contributed by atoms with Crippen LogP contribution in [0.4, 0.5) is 5.95 Å². The van der Waals surface area contributed by atoms with E-state index in [2.05, 4.69) is 14.9 Å². The molecule has 17 heavy (non-hydrogen) atoms. The maximum atomic E-state index is 11.1. The molecular formula is C12H18N4O. The number of anilines is 1. The lowest BCUT2D eigenvalue weighted by Crippen LogP contribution is -2.43. The van der Waals surface area contributed by atoms with Crippen molar-refractivity contribution in [2.75, 3.05) is 11.4 Å². The fourth-order valence-corrected chi connectivity index (χ4v) is 2.28. The number of rotatable bonds is 3. The number of hydrogen-bond donors (Lipinski definition) is 1. The van der Waals surface area contributed by atoms with E-state index in [-0.39, 0.29) is 11.9 Å². The quantitative estimate of drug-likeness (QED) is 0.847. The Hall–Kier alpha value is -1.65. The Kier molecular flexibility index (Phi) is 3.56. The number of nitrogens with two attached hydrogens (primary N) is 1. The largest absolute Gasteiger partial charge is 0.370 e. The molecule has 1 saturated heterocycles. The smallest absolute Gasteiger partial charge is 0.225 e. The van der Waals surface area contributed by atoms with E-state index < -0.39 is 0 Å². The predicted octanol–water partition coefficient (Wildman–Crippen LogP) is 1.02. The summed E-state index contributed by atoms with van der Waals surface area (Å²) in [7, 11) is 0. The first-order chi connectivity index (χ1) is 8.16. The third kappa shape index (κ3) is 2.93. The lowest BCUT2D eigenvalue weighted by atomic mass is 9.99. The van der Waals surface area contributed by atoms with E-state index in [4.69, 9.17) is 5.73 Å². The second-order valence-electron chi connectivity index (χ2n) is 4.51. The van der Waals surface area contributed by atoms with Crippen LogP contribution in [-0.2, 0) is 4.79 Å². The van der Waals surface area contributed by atoms with Gasteiger partial charge in [0.2, 0.25) is 11.9 Å². The highest BCUT2D eigenvalue weighted by Crippen LogP contribution is 2.23. The molecule has 0 radical (unpaired) electrons. The summed E-state index contributed by atoms with van der Waals surface area (Å²) in [4.78, 5) is 21.9. The van der Waals surface area contributed by atoms with Gasteiger partial charge in [-0.1, -0.05) is 0 Å². The number of primary amides is 1. The maximum absolute atomic E-state index is 11.1. The van der Waals surface area contributed by atoms with Crippen LogP contribution in [0.3, 0.4) is 0 Å². The second kappa shape index (κ2) is 5.12. The molecule has 1 fully saturated rings. The first-order valence-electron chi connectivity index (χ1n) is 6.01. The number of nitrogens with zero attached hydrogens (tertiary/aromatic N) is 3. The number of aromatic nitrogens is 2. The van der Waals surface area contributed by atoms with Crippen molar-refractivity contribution < 1.29 is 4.79 Å². The monoisotopic (exact) mass is 234 g/mol. The van der Waals surface area contributed by atoms with Crippen LogP contribution in [0.15, 0.2) is 12.3 Å². The van der Waals surface area contributed by atoms with Crippen LogP contribution in [-0.4, -0.2) is 28.5 Å². The SMILES string of the molecule is Cc1ccnc(N2CCCC[C@H]2CC(N)=O)n1. The van der Waals surface area contributed by atoms with Gasteiger partial charge >= 0.3 is 0 Å². The van der Waals surface area contributed by atoms with Crippen molar-refractivity contribution in [2.45, 2.75) is 38.6 Å². The van der Waals surface area contributed by atoms with E-state index in [0.717, 1.165) is 37.4 Å². The Morgan fingerprint density at radius 1 is 1.59 bits per heavy atom. The van der Waals surface area contributed by atoms with Gasteiger partial charge in [0, 0.05) is 30.9 Å². The number of amides is 1. The fourth-order valence-electron chi connectivity index (χ4n) is 2.28. The first-order valence-corrected chi connectivity index (χ1v) is 6.01. The molecule has 92 valence electrons. The Balaban J connectivity index is 2.18. The molecule has 1 aromatic heterocycles. The summed E-state index contributed by atoms with van der Waals surface area (Å²) in [5.41, 5.74) is 6.23. The maximum Gasteiger partial charge on any atom is 0.225 e. The van der Waals surface area contributed by atoms with Crippen molar-refractivity contribution in [3.05, 3.63) is 18.0 Å². The van der Waals surface area contributed by atoms with E-state index in [0.29, 0.717) is 6.42 Å². The molecule has 0 unspecified atom stereocenters. The van der Waals surface area contributed by atoms with Crippen LogP contribution in [0, 0.1) is 6.92 Å². The van der Waals surface area contributed by atoms with E-state index in [9.17, 15) is 4.79 Å². The molecule has 2 heterocycles. The van der Waals surface area contributed by atoms with E-state index in [1.807, 2.05) is 13.0 Å². The Labute approximate surface area is 101 Å². The van der Waals surface area contributed by atoms with Crippen molar-refractivity contribution in [3.63, 3.8) is 0 Å². The average molecular weight is 234 g/mol. The highest BCUT2D eigenvalue weighted by atomic mass is 16.1. The molecule has 1 atom stereocenters. The molecule has 5 nitrogen and oxygen atoms in total. The van der Waals surface area contributed by atoms with E-state index >= 15 is 0 Å². The van der Waals surface area contributed by atoms with Crippen molar-refractivity contribution in [3.8, 4) is 0 Å². The minimum Gasteiger partial charge on any atom is -0.370 e. The van der Waals surface area contributed by atoms with Gasteiger partial charge in [0.05, 0.1) is 0 Å². The summed E-state index contributed by atoms with van der Waals surface area (Å²) in [5, 5.41) is 0. The summed E-state index contributed by atoms with van der Waals surface area (Å²) < 4.78 is 0. The lowest BCUT2D eigenvalue weighted by Gasteiger charge is -2.35. The van der Waals surface area contributed by atoms with Crippen LogP contribution < -0.4 is 10.6 Å². The second-order valence-corrected chi connectivity index (χ2v) is 4.51. The number of carbonyl (C=O) groups excluding carboxylic acids is 1. The van der Waals surface area contributed by atoms with E-state index in [1.165, 1.54) is 0 Å². The zero-order valence-corrected chi connectivity index (χ0v) is 10.1.